The van der Waals surface area contributed by atoms with E-state index in [0.29, 0.717) is 5.69 Å². The number of esters is 1. The van der Waals surface area contributed by atoms with Crippen LogP contribution in [0.1, 0.15) is 10.5 Å². The second-order valence-electron chi connectivity index (χ2n) is 5.72. The van der Waals surface area contributed by atoms with Crippen LogP contribution in [0.3, 0.4) is 0 Å². The number of nitrogens with one attached hydrogen (secondary N) is 2. The Hall–Kier alpha value is -3.24. The summed E-state index contributed by atoms with van der Waals surface area (Å²) in [4.78, 5) is 34.3. The zero-order valence-corrected chi connectivity index (χ0v) is 16.9. The molecule has 0 saturated heterocycles. The maximum Gasteiger partial charge on any atom is 0.356 e. The number of hydrogen-bond donors (Lipinski definition) is 2. The van der Waals surface area contributed by atoms with Crippen molar-refractivity contribution < 1.29 is 19.2 Å². The van der Waals surface area contributed by atoms with Gasteiger partial charge in [-0.25, -0.2) is 4.79 Å². The Morgan fingerprint density at radius 2 is 1.93 bits per heavy atom. The van der Waals surface area contributed by atoms with Crippen molar-refractivity contribution in [2.75, 3.05) is 11.9 Å². The van der Waals surface area contributed by atoms with Crippen LogP contribution >= 0.6 is 27.5 Å². The highest BCUT2D eigenvalue weighted by atomic mass is 79.9. The standard InChI is InChI=1S/C18H12BrClN4O5/c19-11-3-1-10(2-4-11)14-8-16(23-22-14)18(26)29-9-17(25)21-15-7-12(24(27)28)5-6-13(15)20/h1-8H,9H2,(H,21,25)(H,22,23). The van der Waals surface area contributed by atoms with Crippen molar-refractivity contribution in [1.29, 1.82) is 0 Å². The van der Waals surface area contributed by atoms with Gasteiger partial charge in [0.25, 0.3) is 11.6 Å². The molecule has 29 heavy (non-hydrogen) atoms. The van der Waals surface area contributed by atoms with Gasteiger partial charge in [-0.15, -0.1) is 0 Å². The summed E-state index contributed by atoms with van der Waals surface area (Å²) in [7, 11) is 0. The van der Waals surface area contributed by atoms with Gasteiger partial charge in [0, 0.05) is 22.2 Å². The molecular weight excluding hydrogens is 468 g/mol. The molecule has 0 unspecified atom stereocenters. The number of anilines is 1. The monoisotopic (exact) mass is 478 g/mol. The number of ether oxygens (including phenoxy) is 1. The Labute approximate surface area is 177 Å². The van der Waals surface area contributed by atoms with Crippen molar-refractivity contribution in [2.24, 2.45) is 0 Å². The molecule has 0 fully saturated rings. The number of non-ortho nitro benzene ring substituents is 1. The molecule has 3 aromatic rings. The second-order valence-corrected chi connectivity index (χ2v) is 7.04. The lowest BCUT2D eigenvalue weighted by Crippen LogP contribution is -2.21. The number of nitro benzene ring substituents is 1. The van der Waals surface area contributed by atoms with Crippen LogP contribution < -0.4 is 5.32 Å². The van der Waals surface area contributed by atoms with Crippen LogP contribution in [-0.4, -0.2) is 33.6 Å². The third-order valence-electron chi connectivity index (χ3n) is 3.71. The van der Waals surface area contributed by atoms with Gasteiger partial charge in [0.15, 0.2) is 6.61 Å². The molecular formula is C18H12BrClN4O5. The molecule has 148 valence electrons. The Bertz CT molecular complexity index is 1080. The van der Waals surface area contributed by atoms with E-state index in [1.165, 1.54) is 18.2 Å². The number of nitro groups is 1. The highest BCUT2D eigenvalue weighted by Crippen LogP contribution is 2.26. The van der Waals surface area contributed by atoms with Gasteiger partial charge in [0.1, 0.15) is 5.69 Å². The lowest BCUT2D eigenvalue weighted by Gasteiger charge is -2.07. The van der Waals surface area contributed by atoms with E-state index in [9.17, 15) is 19.7 Å². The Morgan fingerprint density at radius 3 is 2.62 bits per heavy atom. The van der Waals surface area contributed by atoms with Crippen molar-refractivity contribution >= 4 is 50.8 Å². The van der Waals surface area contributed by atoms with Gasteiger partial charge in [0.05, 0.1) is 21.3 Å². The number of nitrogens with zero attached hydrogens (tertiary/aromatic N) is 2. The van der Waals surface area contributed by atoms with Crippen molar-refractivity contribution in [3.05, 3.63) is 73.8 Å². The van der Waals surface area contributed by atoms with Crippen LogP contribution in [-0.2, 0) is 9.53 Å². The number of aromatic amines is 1. The van der Waals surface area contributed by atoms with Crippen LogP contribution in [0.4, 0.5) is 11.4 Å². The fourth-order valence-corrected chi connectivity index (χ4v) is 2.74. The lowest BCUT2D eigenvalue weighted by molar-refractivity contribution is -0.384. The first-order chi connectivity index (χ1) is 13.8. The molecule has 3 rings (SSSR count). The SMILES string of the molecule is O=C(COC(=O)c1cc(-c2ccc(Br)cc2)n[nH]1)Nc1cc([N+](=O)[O-])ccc1Cl. The molecule has 0 aliphatic heterocycles. The van der Waals surface area contributed by atoms with E-state index in [1.54, 1.807) is 0 Å². The average Bonchev–Trinajstić information content (AvgIpc) is 3.18. The number of benzene rings is 2. The van der Waals surface area contributed by atoms with Gasteiger partial charge in [-0.2, -0.15) is 5.10 Å². The molecule has 1 heterocycles. The van der Waals surface area contributed by atoms with Crippen LogP contribution in [0.2, 0.25) is 5.02 Å². The third-order valence-corrected chi connectivity index (χ3v) is 4.57. The van der Waals surface area contributed by atoms with Gasteiger partial charge < -0.3 is 10.1 Å². The molecule has 11 heteroatoms. The fourth-order valence-electron chi connectivity index (χ4n) is 2.31. The minimum Gasteiger partial charge on any atom is -0.451 e. The molecule has 1 aromatic heterocycles. The number of carbonyl (C=O) groups excluding carboxylic acids is 2. The van der Waals surface area contributed by atoms with Gasteiger partial charge in [-0.3, -0.25) is 20.0 Å². The average molecular weight is 480 g/mol. The molecule has 9 nitrogen and oxygen atoms in total. The van der Waals surface area contributed by atoms with Crippen LogP contribution in [0.25, 0.3) is 11.3 Å². The maximum absolute atomic E-state index is 12.1. The third kappa shape index (κ3) is 5.18. The Balaban J connectivity index is 1.59. The molecule has 0 radical (unpaired) electrons. The number of halogens is 2. The summed E-state index contributed by atoms with van der Waals surface area (Å²) in [6.45, 7) is -0.607. The summed E-state index contributed by atoms with van der Waals surface area (Å²) < 4.78 is 5.85. The van der Waals surface area contributed by atoms with E-state index < -0.39 is 23.4 Å². The van der Waals surface area contributed by atoms with E-state index in [-0.39, 0.29) is 22.1 Å². The number of rotatable bonds is 6. The second kappa shape index (κ2) is 8.84. The molecule has 0 aliphatic carbocycles. The van der Waals surface area contributed by atoms with Gasteiger partial charge in [-0.1, -0.05) is 39.7 Å². The topological polar surface area (TPSA) is 127 Å². The van der Waals surface area contributed by atoms with Crippen molar-refractivity contribution in [2.45, 2.75) is 0 Å². The highest BCUT2D eigenvalue weighted by molar-refractivity contribution is 9.10. The summed E-state index contributed by atoms with van der Waals surface area (Å²) in [5.41, 5.74) is 1.21. The number of amides is 1. The quantitative estimate of drug-likeness (QED) is 0.310. The minimum atomic E-state index is -0.777. The van der Waals surface area contributed by atoms with Crippen molar-refractivity contribution in [3.63, 3.8) is 0 Å². The molecule has 0 saturated carbocycles. The Morgan fingerprint density at radius 1 is 1.21 bits per heavy atom. The number of H-pyrrole nitrogens is 1. The van der Waals surface area contributed by atoms with Gasteiger partial charge in [0.2, 0.25) is 0 Å². The number of hydrogen-bond acceptors (Lipinski definition) is 6. The van der Waals surface area contributed by atoms with Crippen molar-refractivity contribution in [1.82, 2.24) is 10.2 Å². The zero-order chi connectivity index (χ0) is 21.0. The molecule has 0 atom stereocenters. The first-order valence-electron chi connectivity index (χ1n) is 8.06. The largest absolute Gasteiger partial charge is 0.451 e. The molecule has 2 aromatic carbocycles. The minimum absolute atomic E-state index is 0.0426. The fraction of sp³-hybridized carbons (Fsp3) is 0.0556. The van der Waals surface area contributed by atoms with Gasteiger partial charge in [-0.05, 0) is 24.3 Å². The van der Waals surface area contributed by atoms with E-state index in [4.69, 9.17) is 16.3 Å². The Kier molecular flexibility index (Phi) is 6.25. The summed E-state index contributed by atoms with van der Waals surface area (Å²) >= 11 is 9.25. The van der Waals surface area contributed by atoms with Crippen LogP contribution in [0.15, 0.2) is 53.0 Å². The van der Waals surface area contributed by atoms with E-state index in [0.717, 1.165) is 16.1 Å². The number of carbonyl (C=O) groups is 2. The number of aromatic nitrogens is 2. The summed E-state index contributed by atoms with van der Waals surface area (Å²) in [5.74, 6) is -1.48. The van der Waals surface area contributed by atoms with E-state index in [1.807, 2.05) is 24.3 Å². The molecule has 0 aliphatic rings. The lowest BCUT2D eigenvalue weighted by atomic mass is 10.1. The van der Waals surface area contributed by atoms with Gasteiger partial charge >= 0.3 is 5.97 Å². The van der Waals surface area contributed by atoms with Crippen LogP contribution in [0, 0.1) is 10.1 Å². The normalized spacial score (nSPS) is 10.4. The molecule has 0 bridgehead atoms. The first kappa shape index (κ1) is 20.5. The van der Waals surface area contributed by atoms with Crippen LogP contribution in [0.5, 0.6) is 0 Å². The molecule has 0 spiro atoms. The highest BCUT2D eigenvalue weighted by Gasteiger charge is 2.16. The van der Waals surface area contributed by atoms with Crippen molar-refractivity contribution in [3.8, 4) is 11.3 Å². The van der Waals surface area contributed by atoms with E-state index >= 15 is 0 Å². The molecule has 1 amide bonds. The summed E-state index contributed by atoms with van der Waals surface area (Å²) in [6.07, 6.45) is 0. The molecule has 2 N–H and O–H groups in total. The zero-order valence-electron chi connectivity index (χ0n) is 14.5. The smallest absolute Gasteiger partial charge is 0.356 e. The predicted molar refractivity (Wildman–Crippen MR) is 109 cm³/mol. The summed E-state index contributed by atoms with van der Waals surface area (Å²) in [5, 5.41) is 19.9. The maximum atomic E-state index is 12.1. The first-order valence-corrected chi connectivity index (χ1v) is 9.23. The predicted octanol–water partition coefficient (Wildman–Crippen LogP) is 4.20. The van der Waals surface area contributed by atoms with E-state index in [2.05, 4.69) is 31.4 Å². The summed E-state index contributed by atoms with van der Waals surface area (Å²) in [6, 6.07) is 12.4.